The van der Waals surface area contributed by atoms with Crippen molar-refractivity contribution in [3.05, 3.63) is 240 Å². The molecule has 3 amide bonds. The Labute approximate surface area is 801 Å². The number of hydrogen-bond acceptors (Lipinski definition) is 21. The molecule has 5 aromatic heterocycles. The van der Waals surface area contributed by atoms with Gasteiger partial charge in [0.1, 0.15) is 83.8 Å². The number of ether oxygens (including phenoxy) is 8. The Kier molecular flexibility index (Phi) is 33.8. The second-order valence-corrected chi connectivity index (χ2v) is 36.1. The van der Waals surface area contributed by atoms with Gasteiger partial charge in [-0.15, -0.1) is 0 Å². The first kappa shape index (κ1) is 101. The highest BCUT2D eigenvalue weighted by Crippen LogP contribution is 2.43. The third-order valence-electron chi connectivity index (χ3n) is 23.2. The second kappa shape index (κ2) is 46.1. The van der Waals surface area contributed by atoms with Gasteiger partial charge in [-0.2, -0.15) is 30.6 Å². The molecule has 0 saturated carbocycles. The molecule has 16 rings (SSSR count). The fourth-order valence-electron chi connectivity index (χ4n) is 16.7. The maximum Gasteiger partial charge on any atom is 0.314 e. The number of aromatic nitrogens is 5. The molecule has 1 saturated heterocycles. The van der Waals surface area contributed by atoms with Crippen LogP contribution in [-0.4, -0.2) is 167 Å². The molecule has 1 aliphatic heterocycles. The lowest BCUT2D eigenvalue weighted by molar-refractivity contribution is -0.109. The Hall–Kier alpha value is -15.6. The van der Waals surface area contributed by atoms with Crippen molar-refractivity contribution >= 4 is 97.0 Å². The van der Waals surface area contributed by atoms with Crippen LogP contribution in [0.25, 0.3) is 111 Å². The lowest BCUT2D eigenvalue weighted by Crippen LogP contribution is -2.40. The van der Waals surface area contributed by atoms with Crippen LogP contribution in [0.1, 0.15) is 69.4 Å². The number of morpholine rings is 1. The number of methoxy groups -OCH3 is 5. The molecule has 6 heterocycles. The summed E-state index contributed by atoms with van der Waals surface area (Å²) in [5, 5.41) is 66.3. The quantitative estimate of drug-likeness (QED) is 0.0206. The summed E-state index contributed by atoms with van der Waals surface area (Å²) in [5.74, 6) is 5.09. The van der Waals surface area contributed by atoms with Gasteiger partial charge in [0.25, 0.3) is 0 Å². The number of primary sulfonamides is 1. The van der Waals surface area contributed by atoms with Crippen LogP contribution in [0, 0.1) is 56.7 Å². The first-order valence-electron chi connectivity index (χ1n) is 44.3. The highest BCUT2D eigenvalue weighted by Gasteiger charge is 2.30. The first-order chi connectivity index (χ1) is 66.7. The number of carbonyl (C=O) groups is 2. The van der Waals surface area contributed by atoms with Crippen molar-refractivity contribution in [1.82, 2.24) is 47.8 Å². The zero-order chi connectivity index (χ0) is 99.1. The van der Waals surface area contributed by atoms with E-state index in [9.17, 15) is 61.2 Å². The molecule has 0 radical (unpaired) electrons. The molecule has 0 bridgehead atoms. The van der Waals surface area contributed by atoms with Gasteiger partial charge in [0.15, 0.2) is 0 Å². The standard InChI is InChI=1S/C23H26N4O3.C22H23N3O4S.C21H21N3O3.C19H19N3O3S.C18H17N3O3S/c1-4-25-23(28)26-12-13-30-17-8-6-16(7-9-17)22-20(15-24)19-11-10-18(29-3)14-21(19)27(22)5-2;1-3-25-21-14-17(28-2)6-9-19(21)20(15-23)22(25)16-4-7-18(8-5-16)30(26,27)24-10-12-29-13-11-24;1-3-24-20-12-17(26-2)8-9-18(20)19(13-22)21(24)15-4-6-16(7-5-15)27-11-10-23-14-25;1-4-22-18-11-14(25-3)7-10-16(18)17(12-20)19(22)13-5-8-15(9-6-13)26(23,24)21-2;1-3-21-17-10-13(24-2)6-9-15(17)16(11-19)18(21)12-4-7-14(8-5-12)25(20,22)23/h6-11,14H,4-5,12-13H2,1-3H3,(H2,25,26,28);4-9,14H,3,10-13H2,1-2H3;4-9,12,14H,3,10-11H2,1-2H3,(H,23,25);5-11,21H,4H2,1-3H3;4-10H,3H2,1-2H3,(H2,20,22,23). The summed E-state index contributed by atoms with van der Waals surface area (Å²) in [4.78, 5) is 22.1. The number of hydrogen-bond donors (Lipinski definition) is 5. The van der Waals surface area contributed by atoms with Crippen molar-refractivity contribution in [3.8, 4) is 127 Å². The van der Waals surface area contributed by atoms with E-state index in [0.29, 0.717) is 130 Å². The summed E-state index contributed by atoms with van der Waals surface area (Å²) in [6, 6.07) is 74.6. The molecular formula is C103H106N16O16S3. The molecular weight excluding hydrogens is 1810 g/mol. The highest BCUT2D eigenvalue weighted by atomic mass is 32.2. The number of aryl methyl sites for hydroxylation is 5. The molecule has 32 nitrogen and oxygen atoms in total. The van der Waals surface area contributed by atoms with Crippen LogP contribution < -0.4 is 59.0 Å². The van der Waals surface area contributed by atoms with Gasteiger partial charge in [0, 0.05) is 110 Å². The first-order valence-corrected chi connectivity index (χ1v) is 48.7. The SMILES string of the molecule is CCNC(=O)NCCOc1ccc(-c2c(C#N)c3ccc(OC)cc3n2CC)cc1.CCn1c(-c2ccc(OCCNC=O)cc2)c(C#N)c2ccc(OC)cc21.CCn1c(-c2ccc(S(=O)(=O)N3CCOCC3)cc2)c(C#N)c2ccc(OC)cc21.CCn1c(-c2ccc(S(=O)(=O)NC)cc2)c(C#N)c2ccc(OC)cc21.CCn1c(-c2ccc(S(N)(=O)=O)cc2)c(C#N)c2ccc(OC)cc21. The number of fused-ring (bicyclic) bond motifs is 5. The van der Waals surface area contributed by atoms with Crippen LogP contribution in [0.4, 0.5) is 4.79 Å². The fourth-order valence-corrected chi connectivity index (χ4v) is 19.3. The third-order valence-corrected chi connectivity index (χ3v) is 27.5. The lowest BCUT2D eigenvalue weighted by atomic mass is 10.1. The predicted molar refractivity (Wildman–Crippen MR) is 531 cm³/mol. The molecule has 138 heavy (non-hydrogen) atoms. The van der Waals surface area contributed by atoms with E-state index in [1.54, 1.807) is 96.2 Å². The smallest absolute Gasteiger partial charge is 0.314 e. The Balaban J connectivity index is 0.000000155. The van der Waals surface area contributed by atoms with E-state index in [-0.39, 0.29) is 20.7 Å². The maximum absolute atomic E-state index is 12.9. The topological polar surface area (TPSA) is 431 Å². The average molecular weight is 1920 g/mol. The lowest BCUT2D eigenvalue weighted by Gasteiger charge is -2.26. The second-order valence-electron chi connectivity index (χ2n) is 30.8. The number of nitrogens with zero attached hydrogens (tertiary/aromatic N) is 11. The summed E-state index contributed by atoms with van der Waals surface area (Å²) >= 11 is 0. The minimum absolute atomic E-state index is 0.0376. The van der Waals surface area contributed by atoms with Gasteiger partial charge in [-0.25, -0.2) is 39.9 Å². The number of nitrogens with two attached hydrogens (primary N) is 1. The third kappa shape index (κ3) is 21.8. The molecule has 10 aromatic carbocycles. The van der Waals surface area contributed by atoms with Gasteiger partial charge >= 0.3 is 6.03 Å². The molecule has 15 aromatic rings. The largest absolute Gasteiger partial charge is 0.497 e. The van der Waals surface area contributed by atoms with Crippen molar-refractivity contribution in [3.63, 3.8) is 0 Å². The Bertz CT molecular complexity index is 7540. The number of urea groups is 1. The number of sulfonamides is 3. The van der Waals surface area contributed by atoms with Crippen molar-refractivity contribution < 1.29 is 72.7 Å². The minimum Gasteiger partial charge on any atom is -0.497 e. The highest BCUT2D eigenvalue weighted by molar-refractivity contribution is 7.89. The van der Waals surface area contributed by atoms with E-state index in [1.165, 1.54) is 23.5 Å². The van der Waals surface area contributed by atoms with E-state index in [4.69, 9.17) is 43.0 Å². The summed E-state index contributed by atoms with van der Waals surface area (Å²) in [7, 11) is -1.36. The van der Waals surface area contributed by atoms with Gasteiger partial charge in [0.05, 0.1) is 160 Å². The molecule has 6 N–H and O–H groups in total. The Morgan fingerprint density at radius 3 is 0.906 bits per heavy atom. The number of carbonyl (C=O) groups excluding carboxylic acids is 2. The zero-order valence-electron chi connectivity index (χ0n) is 78.4. The molecule has 0 unspecified atom stereocenters. The van der Waals surface area contributed by atoms with Crippen molar-refractivity contribution in [2.24, 2.45) is 5.14 Å². The van der Waals surface area contributed by atoms with E-state index >= 15 is 0 Å². The van der Waals surface area contributed by atoms with Crippen molar-refractivity contribution in [1.29, 1.82) is 26.3 Å². The molecule has 0 aliphatic carbocycles. The normalized spacial score (nSPS) is 11.9. The Morgan fingerprint density at radius 1 is 0.384 bits per heavy atom. The van der Waals surface area contributed by atoms with Crippen LogP contribution in [0.5, 0.6) is 40.2 Å². The molecule has 0 atom stereocenters. The number of nitriles is 5. The van der Waals surface area contributed by atoms with Gasteiger partial charge in [-0.05, 0) is 222 Å². The van der Waals surface area contributed by atoms with Crippen LogP contribution in [0.2, 0.25) is 0 Å². The van der Waals surface area contributed by atoms with Gasteiger partial charge in [-0.1, -0.05) is 36.4 Å². The number of amides is 3. The molecule has 35 heteroatoms. The molecule has 1 fully saturated rings. The predicted octanol–water partition coefficient (Wildman–Crippen LogP) is 16.4. The fraction of sp³-hybridized carbons (Fsp3) is 0.252. The van der Waals surface area contributed by atoms with Crippen LogP contribution in [0.15, 0.2) is 227 Å². The van der Waals surface area contributed by atoms with E-state index in [2.05, 4.69) is 78.6 Å². The van der Waals surface area contributed by atoms with Crippen LogP contribution >= 0.6 is 0 Å². The molecule has 712 valence electrons. The maximum atomic E-state index is 12.9. The number of rotatable bonds is 30. The summed E-state index contributed by atoms with van der Waals surface area (Å²) in [6.07, 6.45) is 0.647. The molecule has 1 aliphatic rings. The average Bonchev–Trinajstić information content (AvgIpc) is 1.61. The van der Waals surface area contributed by atoms with Crippen molar-refractivity contribution in [2.45, 2.75) is 89.0 Å². The van der Waals surface area contributed by atoms with Crippen LogP contribution in [-0.2, 0) is 72.3 Å². The van der Waals surface area contributed by atoms with E-state index in [1.807, 2.05) is 176 Å². The number of benzene rings is 10. The zero-order valence-corrected chi connectivity index (χ0v) is 80.9. The summed E-state index contributed by atoms with van der Waals surface area (Å²) in [6.45, 7) is 19.2. The van der Waals surface area contributed by atoms with E-state index in [0.717, 1.165) is 147 Å². The van der Waals surface area contributed by atoms with E-state index < -0.39 is 30.1 Å². The van der Waals surface area contributed by atoms with Gasteiger partial charge in [-0.3, -0.25) is 4.79 Å². The van der Waals surface area contributed by atoms with Crippen LogP contribution in [0.3, 0.4) is 0 Å². The summed E-state index contributed by atoms with van der Waals surface area (Å²) < 4.78 is 130. The van der Waals surface area contributed by atoms with Crippen molar-refractivity contribution in [2.75, 3.05) is 102 Å². The van der Waals surface area contributed by atoms with Gasteiger partial charge in [0.2, 0.25) is 36.5 Å². The minimum atomic E-state index is -3.76. The summed E-state index contributed by atoms with van der Waals surface area (Å²) in [5.41, 5.74) is 15.9. The monoisotopic (exact) mass is 1920 g/mol. The number of nitrogens with one attached hydrogen (secondary N) is 4. The van der Waals surface area contributed by atoms with Gasteiger partial charge < -0.3 is 76.7 Å². The Morgan fingerprint density at radius 2 is 0.652 bits per heavy atom. The molecule has 0 spiro atoms.